The molecule has 0 aliphatic carbocycles. The van der Waals surface area contributed by atoms with E-state index in [1.54, 1.807) is 28.8 Å². The molecule has 4 atom stereocenters. The summed E-state index contributed by atoms with van der Waals surface area (Å²) in [6.45, 7) is 5.72. The third kappa shape index (κ3) is 3.59. The topological polar surface area (TPSA) is 74.6 Å². The zero-order chi connectivity index (χ0) is 22.1. The molecule has 166 valence electrons. The summed E-state index contributed by atoms with van der Waals surface area (Å²) >= 11 is 0. The highest BCUT2D eigenvalue weighted by Gasteiger charge is 2.55. The van der Waals surface area contributed by atoms with Crippen molar-refractivity contribution in [2.24, 2.45) is 11.8 Å². The molecule has 4 rings (SSSR count). The van der Waals surface area contributed by atoms with Gasteiger partial charge in [0.25, 0.3) is 5.56 Å². The Morgan fingerprint density at radius 2 is 1.94 bits per heavy atom. The van der Waals surface area contributed by atoms with Gasteiger partial charge in [0.15, 0.2) is 0 Å². The molecular formula is C24H30FN3O3. The first-order valence-corrected chi connectivity index (χ1v) is 11.2. The number of carbonyl (C=O) groups excluding carboxylic acids is 1. The highest BCUT2D eigenvalue weighted by molar-refractivity contribution is 5.80. The quantitative estimate of drug-likeness (QED) is 0.712. The van der Waals surface area contributed by atoms with Gasteiger partial charge in [-0.25, -0.2) is 4.39 Å². The van der Waals surface area contributed by atoms with Gasteiger partial charge in [-0.15, -0.1) is 0 Å². The third-order valence-corrected chi connectivity index (χ3v) is 6.67. The first-order valence-electron chi connectivity index (χ1n) is 11.2. The Labute approximate surface area is 181 Å². The number of fused-ring (bicyclic) bond motifs is 4. The molecule has 0 saturated carbocycles. The van der Waals surface area contributed by atoms with Gasteiger partial charge in [0.1, 0.15) is 5.82 Å². The molecule has 0 unspecified atom stereocenters. The van der Waals surface area contributed by atoms with Gasteiger partial charge in [-0.1, -0.05) is 32.0 Å². The first-order chi connectivity index (χ1) is 15.0. The van der Waals surface area contributed by atoms with Crippen LogP contribution in [0.3, 0.4) is 0 Å². The van der Waals surface area contributed by atoms with Crippen LogP contribution in [-0.4, -0.2) is 46.2 Å². The predicted molar refractivity (Wildman–Crippen MR) is 117 cm³/mol. The Morgan fingerprint density at radius 3 is 2.61 bits per heavy atom. The molecule has 0 radical (unpaired) electrons. The Kier molecular flexibility index (Phi) is 6.25. The van der Waals surface area contributed by atoms with Crippen molar-refractivity contribution in [2.75, 3.05) is 19.7 Å². The van der Waals surface area contributed by atoms with Crippen molar-refractivity contribution in [3.63, 3.8) is 0 Å². The SMILES string of the molecule is CCCNC(=O)[C@@H]1[C@@H](CO)[C@@H]2Cn3c(ccc(-c4ccccc4F)c3=O)[C@H]1N2CCC. The molecule has 3 heterocycles. The number of aliphatic hydroxyl groups is 1. The van der Waals surface area contributed by atoms with Crippen molar-refractivity contribution in [2.45, 2.75) is 45.3 Å². The molecule has 1 saturated heterocycles. The minimum atomic E-state index is -0.434. The minimum absolute atomic E-state index is 0.0754. The van der Waals surface area contributed by atoms with Crippen LogP contribution in [0.15, 0.2) is 41.2 Å². The van der Waals surface area contributed by atoms with Crippen LogP contribution in [0.4, 0.5) is 4.39 Å². The predicted octanol–water partition coefficient (Wildman–Crippen LogP) is 2.55. The number of aliphatic hydroxyl groups excluding tert-OH is 1. The second-order valence-electron chi connectivity index (χ2n) is 8.48. The van der Waals surface area contributed by atoms with Gasteiger partial charge in [-0.2, -0.15) is 0 Å². The summed E-state index contributed by atoms with van der Waals surface area (Å²) < 4.78 is 16.1. The molecule has 31 heavy (non-hydrogen) atoms. The number of hydrogen-bond acceptors (Lipinski definition) is 4. The Morgan fingerprint density at radius 1 is 1.16 bits per heavy atom. The van der Waals surface area contributed by atoms with Crippen LogP contribution in [0.5, 0.6) is 0 Å². The van der Waals surface area contributed by atoms with E-state index in [-0.39, 0.29) is 41.6 Å². The standard InChI is InChI=1S/C24H30FN3O3/c1-3-11-26-23(30)21-17(14-29)20-13-28-19(22(21)27(20)12-4-2)10-9-16(24(28)31)15-7-5-6-8-18(15)25/h5-10,17,20-22,29H,3-4,11-14H2,1-2H3,(H,26,30)/t17-,20-,21+,22+/m0/s1. The first kappa shape index (κ1) is 21.7. The smallest absolute Gasteiger partial charge is 0.258 e. The van der Waals surface area contributed by atoms with Crippen molar-refractivity contribution in [1.29, 1.82) is 0 Å². The maximum atomic E-state index is 14.4. The summed E-state index contributed by atoms with van der Waals surface area (Å²) in [7, 11) is 0. The van der Waals surface area contributed by atoms with Crippen LogP contribution in [-0.2, 0) is 11.3 Å². The van der Waals surface area contributed by atoms with E-state index in [2.05, 4.69) is 17.1 Å². The summed E-state index contributed by atoms with van der Waals surface area (Å²) in [5.41, 5.74) is 1.11. The van der Waals surface area contributed by atoms with Gasteiger partial charge in [0.2, 0.25) is 5.91 Å². The Bertz CT molecular complexity index is 1020. The van der Waals surface area contributed by atoms with Crippen LogP contribution < -0.4 is 10.9 Å². The van der Waals surface area contributed by atoms with Crippen molar-refractivity contribution in [1.82, 2.24) is 14.8 Å². The minimum Gasteiger partial charge on any atom is -0.396 e. The third-order valence-electron chi connectivity index (χ3n) is 6.67. The maximum absolute atomic E-state index is 14.4. The van der Waals surface area contributed by atoms with E-state index >= 15 is 0 Å². The van der Waals surface area contributed by atoms with Crippen molar-refractivity contribution >= 4 is 5.91 Å². The van der Waals surface area contributed by atoms with E-state index in [1.807, 2.05) is 13.0 Å². The number of rotatable bonds is 7. The van der Waals surface area contributed by atoms with Crippen molar-refractivity contribution < 1.29 is 14.3 Å². The molecule has 2 aliphatic rings. The molecule has 6 nitrogen and oxygen atoms in total. The van der Waals surface area contributed by atoms with Gasteiger partial charge in [0.05, 0.1) is 17.5 Å². The van der Waals surface area contributed by atoms with Crippen molar-refractivity contribution in [3.8, 4) is 11.1 Å². The molecule has 1 aromatic carbocycles. The van der Waals surface area contributed by atoms with Gasteiger partial charge in [0, 0.05) is 42.9 Å². The summed E-state index contributed by atoms with van der Waals surface area (Å²) in [6, 6.07) is 9.40. The normalized spacial score (nSPS) is 24.8. The van der Waals surface area contributed by atoms with Crippen LogP contribution in [0.2, 0.25) is 0 Å². The van der Waals surface area contributed by atoms with Gasteiger partial charge < -0.3 is 15.0 Å². The van der Waals surface area contributed by atoms with Gasteiger partial charge in [-0.05, 0) is 37.6 Å². The zero-order valence-electron chi connectivity index (χ0n) is 18.1. The number of pyridine rings is 1. The number of aromatic nitrogens is 1. The monoisotopic (exact) mass is 427 g/mol. The van der Waals surface area contributed by atoms with Gasteiger partial charge >= 0.3 is 0 Å². The zero-order valence-corrected chi connectivity index (χ0v) is 18.1. The highest BCUT2D eigenvalue weighted by atomic mass is 19.1. The Balaban J connectivity index is 1.82. The van der Waals surface area contributed by atoms with E-state index < -0.39 is 11.7 Å². The van der Waals surface area contributed by atoms with E-state index in [0.29, 0.717) is 18.7 Å². The average molecular weight is 428 g/mol. The molecule has 2 aromatic rings. The summed E-state index contributed by atoms with van der Waals surface area (Å²) in [5.74, 6) is -1.20. The van der Waals surface area contributed by atoms with Crippen LogP contribution in [0.1, 0.15) is 38.4 Å². The number of nitrogens with one attached hydrogen (secondary N) is 1. The molecule has 1 fully saturated rings. The molecule has 2 N–H and O–H groups in total. The van der Waals surface area contributed by atoms with Crippen LogP contribution in [0, 0.1) is 17.7 Å². The Hall–Kier alpha value is -2.51. The number of hydrogen-bond donors (Lipinski definition) is 2. The lowest BCUT2D eigenvalue weighted by Gasteiger charge is -2.38. The second kappa shape index (κ2) is 8.93. The van der Waals surface area contributed by atoms with E-state index in [1.165, 1.54) is 6.07 Å². The van der Waals surface area contributed by atoms with E-state index in [4.69, 9.17) is 0 Å². The summed E-state index contributed by atoms with van der Waals surface area (Å²) in [6.07, 6.45) is 1.74. The molecular weight excluding hydrogens is 397 g/mol. The fourth-order valence-electron chi connectivity index (χ4n) is 5.34. The number of halogens is 1. The molecule has 1 amide bonds. The number of benzene rings is 1. The molecule has 0 spiro atoms. The lowest BCUT2D eigenvalue weighted by atomic mass is 9.86. The van der Waals surface area contributed by atoms with Gasteiger partial charge in [-0.3, -0.25) is 14.5 Å². The molecule has 7 heteroatoms. The maximum Gasteiger partial charge on any atom is 0.258 e. The summed E-state index contributed by atoms with van der Waals surface area (Å²) in [4.78, 5) is 28.8. The largest absolute Gasteiger partial charge is 0.396 e. The van der Waals surface area contributed by atoms with E-state index in [9.17, 15) is 19.1 Å². The van der Waals surface area contributed by atoms with Crippen LogP contribution >= 0.6 is 0 Å². The number of amides is 1. The molecule has 1 aromatic heterocycles. The number of carbonyl (C=O) groups is 1. The lowest BCUT2D eigenvalue weighted by molar-refractivity contribution is -0.127. The molecule has 2 bridgehead atoms. The summed E-state index contributed by atoms with van der Waals surface area (Å²) in [5, 5.41) is 13.2. The average Bonchev–Trinajstić information content (AvgIpc) is 2.98. The fraction of sp³-hybridized carbons (Fsp3) is 0.500. The highest BCUT2D eigenvalue weighted by Crippen LogP contribution is 2.48. The second-order valence-corrected chi connectivity index (χ2v) is 8.48. The van der Waals surface area contributed by atoms with Crippen LogP contribution in [0.25, 0.3) is 11.1 Å². The fourth-order valence-corrected chi connectivity index (χ4v) is 5.34. The molecule has 2 aliphatic heterocycles. The van der Waals surface area contributed by atoms with E-state index in [0.717, 1.165) is 25.1 Å². The number of nitrogens with zero attached hydrogens (tertiary/aromatic N) is 2. The lowest BCUT2D eigenvalue weighted by Crippen LogP contribution is -2.47. The van der Waals surface area contributed by atoms with Crippen molar-refractivity contribution in [3.05, 3.63) is 58.3 Å².